The summed E-state index contributed by atoms with van der Waals surface area (Å²) in [5, 5.41) is 3.58. The fourth-order valence-electron chi connectivity index (χ4n) is 1.74. The topological polar surface area (TPSA) is 44.0 Å². The van der Waals surface area contributed by atoms with Gasteiger partial charge in [0.05, 0.1) is 5.69 Å². The molecule has 5 heteroatoms. The molecule has 1 heterocycles. The lowest BCUT2D eigenvalue weighted by atomic mass is 10.2. The van der Waals surface area contributed by atoms with Gasteiger partial charge in [-0.1, -0.05) is 11.6 Å². The number of imidazole rings is 1. The van der Waals surface area contributed by atoms with E-state index in [4.69, 9.17) is 11.6 Å². The molecule has 0 saturated carbocycles. The molecule has 0 unspecified atom stereocenters. The Labute approximate surface area is 112 Å². The third-order valence-electron chi connectivity index (χ3n) is 2.74. The minimum Gasteiger partial charge on any atom is -0.378 e. The quantitative estimate of drug-likeness (QED) is 0.892. The Morgan fingerprint density at radius 3 is 2.50 bits per heavy atom. The number of aromatic amines is 1. The second-order valence-corrected chi connectivity index (χ2v) is 4.68. The zero-order chi connectivity index (χ0) is 13.1. The van der Waals surface area contributed by atoms with Gasteiger partial charge in [0, 0.05) is 31.9 Å². The van der Waals surface area contributed by atoms with Gasteiger partial charge in [0.15, 0.2) is 5.15 Å². The molecule has 2 rings (SSSR count). The maximum atomic E-state index is 6.06. The lowest BCUT2D eigenvalue weighted by Gasteiger charge is -2.12. The van der Waals surface area contributed by atoms with Crippen molar-refractivity contribution in [3.8, 4) is 11.4 Å². The first-order valence-corrected chi connectivity index (χ1v) is 6.16. The molecule has 0 bridgehead atoms. The highest BCUT2D eigenvalue weighted by atomic mass is 35.5. The van der Waals surface area contributed by atoms with Gasteiger partial charge in [0.1, 0.15) is 5.82 Å². The van der Waals surface area contributed by atoms with Crippen LogP contribution in [-0.4, -0.2) is 31.1 Å². The predicted molar refractivity (Wildman–Crippen MR) is 76.1 cm³/mol. The van der Waals surface area contributed by atoms with Crippen molar-refractivity contribution in [1.29, 1.82) is 0 Å². The van der Waals surface area contributed by atoms with E-state index < -0.39 is 0 Å². The Morgan fingerprint density at radius 2 is 1.94 bits per heavy atom. The Hall–Kier alpha value is -1.52. The summed E-state index contributed by atoms with van der Waals surface area (Å²) in [7, 11) is 5.91. The molecule has 2 aromatic rings. The van der Waals surface area contributed by atoms with Crippen molar-refractivity contribution in [2.75, 3.05) is 26.0 Å². The number of hydrogen-bond acceptors (Lipinski definition) is 3. The Balaban J connectivity index is 2.28. The van der Waals surface area contributed by atoms with Crippen LogP contribution < -0.4 is 10.2 Å². The summed E-state index contributed by atoms with van der Waals surface area (Å²) in [6.07, 6.45) is 0. The van der Waals surface area contributed by atoms with Gasteiger partial charge in [-0.05, 0) is 31.3 Å². The molecule has 1 aromatic heterocycles. The fraction of sp³-hybridized carbons (Fsp3) is 0.308. The van der Waals surface area contributed by atoms with E-state index >= 15 is 0 Å². The highest BCUT2D eigenvalue weighted by Gasteiger charge is 2.09. The predicted octanol–water partition coefficient (Wildman–Crippen LogP) is 2.52. The molecule has 0 aliphatic rings. The third kappa shape index (κ3) is 2.66. The number of nitrogens with one attached hydrogen (secondary N) is 2. The van der Waals surface area contributed by atoms with Crippen molar-refractivity contribution < 1.29 is 0 Å². The molecule has 96 valence electrons. The summed E-state index contributed by atoms with van der Waals surface area (Å²) in [5.74, 6) is 0.801. The molecule has 4 nitrogen and oxygen atoms in total. The average molecular weight is 265 g/mol. The van der Waals surface area contributed by atoms with Crippen LogP contribution in [0.4, 0.5) is 5.69 Å². The molecular formula is C13H17ClN4. The van der Waals surface area contributed by atoms with E-state index in [1.165, 1.54) is 0 Å². The monoisotopic (exact) mass is 264 g/mol. The van der Waals surface area contributed by atoms with Crippen molar-refractivity contribution in [1.82, 2.24) is 15.3 Å². The number of H-pyrrole nitrogens is 1. The number of aromatic nitrogens is 2. The molecule has 0 aliphatic heterocycles. The van der Waals surface area contributed by atoms with Crippen LogP contribution in [-0.2, 0) is 6.54 Å². The number of halogens is 1. The molecule has 0 aliphatic carbocycles. The van der Waals surface area contributed by atoms with Gasteiger partial charge in [-0.15, -0.1) is 0 Å². The zero-order valence-corrected chi connectivity index (χ0v) is 11.5. The molecule has 18 heavy (non-hydrogen) atoms. The summed E-state index contributed by atoms with van der Waals surface area (Å²) in [6.45, 7) is 0.682. The zero-order valence-electron chi connectivity index (χ0n) is 10.8. The van der Waals surface area contributed by atoms with Crippen LogP contribution in [0.1, 0.15) is 5.69 Å². The molecule has 0 saturated heterocycles. The van der Waals surface area contributed by atoms with E-state index in [2.05, 4.69) is 32.3 Å². The van der Waals surface area contributed by atoms with Crippen LogP contribution in [0.5, 0.6) is 0 Å². The van der Waals surface area contributed by atoms with E-state index in [1.54, 1.807) is 0 Å². The molecule has 0 fully saturated rings. The van der Waals surface area contributed by atoms with Gasteiger partial charge in [0.2, 0.25) is 0 Å². The highest BCUT2D eigenvalue weighted by molar-refractivity contribution is 6.30. The van der Waals surface area contributed by atoms with Crippen molar-refractivity contribution in [2.45, 2.75) is 6.54 Å². The normalized spacial score (nSPS) is 10.7. The molecule has 2 N–H and O–H groups in total. The SMILES string of the molecule is CNCc1[nH]c(-c2ccc(N(C)C)cc2)nc1Cl. The minimum atomic E-state index is 0.524. The van der Waals surface area contributed by atoms with Crippen LogP contribution in [0.25, 0.3) is 11.4 Å². The average Bonchev–Trinajstić information content (AvgIpc) is 2.72. The summed E-state index contributed by atoms with van der Waals surface area (Å²) < 4.78 is 0. The number of nitrogens with zero attached hydrogens (tertiary/aromatic N) is 2. The van der Waals surface area contributed by atoms with Gasteiger partial charge >= 0.3 is 0 Å². The number of hydrogen-bond donors (Lipinski definition) is 2. The van der Waals surface area contributed by atoms with Crippen molar-refractivity contribution >= 4 is 17.3 Å². The summed E-state index contributed by atoms with van der Waals surface area (Å²) in [4.78, 5) is 9.62. The van der Waals surface area contributed by atoms with Crippen LogP contribution in [0.15, 0.2) is 24.3 Å². The van der Waals surface area contributed by atoms with E-state index in [0.717, 1.165) is 22.8 Å². The van der Waals surface area contributed by atoms with Gasteiger partial charge < -0.3 is 15.2 Å². The standard InChI is InChI=1S/C13H17ClN4/c1-15-8-11-12(14)17-13(16-11)9-4-6-10(7-5-9)18(2)3/h4-7,15H,8H2,1-3H3,(H,16,17). The maximum Gasteiger partial charge on any atom is 0.152 e. The molecule has 0 radical (unpaired) electrons. The largest absolute Gasteiger partial charge is 0.378 e. The first-order valence-electron chi connectivity index (χ1n) is 5.78. The van der Waals surface area contributed by atoms with Crippen molar-refractivity contribution in [3.63, 3.8) is 0 Å². The summed E-state index contributed by atoms with van der Waals surface area (Å²) in [6, 6.07) is 8.19. The van der Waals surface area contributed by atoms with E-state index in [-0.39, 0.29) is 0 Å². The van der Waals surface area contributed by atoms with Crippen LogP contribution in [0.2, 0.25) is 5.15 Å². The minimum absolute atomic E-state index is 0.524. The molecule has 0 spiro atoms. The van der Waals surface area contributed by atoms with Gasteiger partial charge in [-0.25, -0.2) is 4.98 Å². The first-order chi connectivity index (χ1) is 8.61. The Bertz CT molecular complexity index is 516. The summed E-state index contributed by atoms with van der Waals surface area (Å²) in [5.41, 5.74) is 3.10. The smallest absolute Gasteiger partial charge is 0.152 e. The van der Waals surface area contributed by atoms with Gasteiger partial charge in [0.25, 0.3) is 0 Å². The first kappa shape index (κ1) is 12.9. The maximum absolute atomic E-state index is 6.06. The molecule has 0 amide bonds. The van der Waals surface area contributed by atoms with E-state index in [1.807, 2.05) is 33.3 Å². The molecule has 1 aromatic carbocycles. The highest BCUT2D eigenvalue weighted by Crippen LogP contribution is 2.23. The fourth-order valence-corrected chi connectivity index (χ4v) is 1.93. The lowest BCUT2D eigenvalue weighted by molar-refractivity contribution is 0.798. The van der Waals surface area contributed by atoms with E-state index in [0.29, 0.717) is 11.7 Å². The van der Waals surface area contributed by atoms with Crippen LogP contribution in [0, 0.1) is 0 Å². The second-order valence-electron chi connectivity index (χ2n) is 4.33. The van der Waals surface area contributed by atoms with Crippen LogP contribution in [0.3, 0.4) is 0 Å². The van der Waals surface area contributed by atoms with E-state index in [9.17, 15) is 0 Å². The number of rotatable bonds is 4. The molecule has 0 atom stereocenters. The second kappa shape index (κ2) is 5.42. The number of anilines is 1. The lowest BCUT2D eigenvalue weighted by Crippen LogP contribution is -2.08. The molecular weight excluding hydrogens is 248 g/mol. The Morgan fingerprint density at radius 1 is 1.28 bits per heavy atom. The van der Waals surface area contributed by atoms with Gasteiger partial charge in [-0.2, -0.15) is 0 Å². The van der Waals surface area contributed by atoms with Crippen molar-refractivity contribution in [2.24, 2.45) is 0 Å². The van der Waals surface area contributed by atoms with Gasteiger partial charge in [-0.3, -0.25) is 0 Å². The number of benzene rings is 1. The Kier molecular flexibility index (Phi) is 3.89. The summed E-state index contributed by atoms with van der Waals surface area (Å²) >= 11 is 6.06. The third-order valence-corrected chi connectivity index (χ3v) is 3.05. The van der Waals surface area contributed by atoms with Crippen molar-refractivity contribution in [3.05, 3.63) is 35.1 Å². The van der Waals surface area contributed by atoms with Crippen LogP contribution >= 0.6 is 11.6 Å².